The average molecular weight is 262 g/mol. The van der Waals surface area contributed by atoms with Crippen molar-refractivity contribution < 1.29 is 9.47 Å². The van der Waals surface area contributed by atoms with Crippen LogP contribution in [0.1, 0.15) is 25.3 Å². The molecule has 0 aromatic carbocycles. The maximum Gasteiger partial charge on any atom is 0.157 e. The maximum atomic E-state index is 5.52. The number of ether oxygens (including phenoxy) is 2. The SMILES string of the molecule is Cl.NCCCOc1cnn(C2CCOCC2)c1. The first-order chi connectivity index (χ1) is 7.90. The number of hydrogen-bond acceptors (Lipinski definition) is 4. The number of rotatable bonds is 5. The molecule has 0 spiro atoms. The molecule has 2 heterocycles. The summed E-state index contributed by atoms with van der Waals surface area (Å²) in [6.45, 7) is 2.98. The van der Waals surface area contributed by atoms with E-state index < -0.39 is 0 Å². The van der Waals surface area contributed by atoms with E-state index in [2.05, 4.69) is 5.10 Å². The van der Waals surface area contributed by atoms with Gasteiger partial charge in [0.15, 0.2) is 5.75 Å². The Morgan fingerprint density at radius 3 is 2.94 bits per heavy atom. The molecule has 0 bridgehead atoms. The van der Waals surface area contributed by atoms with Crippen LogP contribution < -0.4 is 10.5 Å². The molecule has 1 aliphatic heterocycles. The fourth-order valence-electron chi connectivity index (χ4n) is 1.82. The van der Waals surface area contributed by atoms with Crippen molar-refractivity contribution in [3.05, 3.63) is 12.4 Å². The minimum absolute atomic E-state index is 0. The highest BCUT2D eigenvalue weighted by molar-refractivity contribution is 5.85. The summed E-state index contributed by atoms with van der Waals surface area (Å²) < 4.78 is 12.8. The largest absolute Gasteiger partial charge is 0.490 e. The van der Waals surface area contributed by atoms with E-state index >= 15 is 0 Å². The van der Waals surface area contributed by atoms with E-state index in [-0.39, 0.29) is 12.4 Å². The minimum Gasteiger partial charge on any atom is -0.490 e. The summed E-state index contributed by atoms with van der Waals surface area (Å²) >= 11 is 0. The zero-order valence-electron chi connectivity index (χ0n) is 9.88. The Bertz CT molecular complexity index is 313. The summed E-state index contributed by atoms with van der Waals surface area (Å²) in [5.41, 5.74) is 5.40. The second-order valence-electron chi connectivity index (χ2n) is 3.99. The molecule has 0 aliphatic carbocycles. The molecule has 1 aliphatic rings. The third-order valence-electron chi connectivity index (χ3n) is 2.76. The summed E-state index contributed by atoms with van der Waals surface area (Å²) in [5, 5.41) is 4.32. The molecule has 17 heavy (non-hydrogen) atoms. The van der Waals surface area contributed by atoms with Crippen LogP contribution in [0.3, 0.4) is 0 Å². The summed E-state index contributed by atoms with van der Waals surface area (Å²) in [5.74, 6) is 0.833. The number of aromatic nitrogens is 2. The molecule has 0 atom stereocenters. The van der Waals surface area contributed by atoms with Crippen LogP contribution in [0, 0.1) is 0 Å². The molecule has 1 aromatic heterocycles. The lowest BCUT2D eigenvalue weighted by atomic mass is 10.1. The van der Waals surface area contributed by atoms with Gasteiger partial charge in [-0.25, -0.2) is 0 Å². The Hall–Kier alpha value is -0.780. The maximum absolute atomic E-state index is 5.52. The fraction of sp³-hybridized carbons (Fsp3) is 0.727. The molecular formula is C11H20ClN3O2. The second kappa shape index (κ2) is 7.53. The third-order valence-corrected chi connectivity index (χ3v) is 2.76. The zero-order valence-corrected chi connectivity index (χ0v) is 10.7. The van der Waals surface area contributed by atoms with Gasteiger partial charge in [-0.05, 0) is 25.8 Å². The quantitative estimate of drug-likeness (QED) is 0.814. The zero-order chi connectivity index (χ0) is 11.2. The topological polar surface area (TPSA) is 62.3 Å². The summed E-state index contributed by atoms with van der Waals surface area (Å²) in [7, 11) is 0. The molecule has 0 unspecified atom stereocenters. The van der Waals surface area contributed by atoms with Gasteiger partial charge in [-0.2, -0.15) is 5.10 Å². The van der Waals surface area contributed by atoms with Gasteiger partial charge in [0, 0.05) is 13.2 Å². The lowest BCUT2D eigenvalue weighted by molar-refractivity contribution is 0.0661. The van der Waals surface area contributed by atoms with Gasteiger partial charge < -0.3 is 15.2 Å². The van der Waals surface area contributed by atoms with Crippen molar-refractivity contribution in [1.82, 2.24) is 9.78 Å². The van der Waals surface area contributed by atoms with Crippen molar-refractivity contribution in [1.29, 1.82) is 0 Å². The number of halogens is 1. The first kappa shape index (κ1) is 14.3. The minimum atomic E-state index is 0. The van der Waals surface area contributed by atoms with E-state index in [0.717, 1.165) is 38.2 Å². The monoisotopic (exact) mass is 261 g/mol. The van der Waals surface area contributed by atoms with Crippen molar-refractivity contribution in [2.45, 2.75) is 25.3 Å². The van der Waals surface area contributed by atoms with Crippen molar-refractivity contribution >= 4 is 12.4 Å². The molecule has 0 radical (unpaired) electrons. The van der Waals surface area contributed by atoms with Crippen LogP contribution >= 0.6 is 12.4 Å². The molecule has 98 valence electrons. The van der Waals surface area contributed by atoms with Crippen LogP contribution in [0.4, 0.5) is 0 Å². The Kier molecular flexibility index (Phi) is 6.32. The molecule has 1 aromatic rings. The summed E-state index contributed by atoms with van der Waals surface area (Å²) in [6, 6.07) is 0.459. The summed E-state index contributed by atoms with van der Waals surface area (Å²) in [4.78, 5) is 0. The number of hydrogen-bond donors (Lipinski definition) is 1. The third kappa shape index (κ3) is 4.18. The highest BCUT2D eigenvalue weighted by Gasteiger charge is 2.16. The first-order valence-electron chi connectivity index (χ1n) is 5.85. The van der Waals surface area contributed by atoms with Gasteiger partial charge in [0.25, 0.3) is 0 Å². The van der Waals surface area contributed by atoms with Crippen molar-refractivity contribution in [2.24, 2.45) is 5.73 Å². The van der Waals surface area contributed by atoms with Gasteiger partial charge >= 0.3 is 0 Å². The lowest BCUT2D eigenvalue weighted by Gasteiger charge is -2.22. The number of nitrogens with two attached hydrogens (primary N) is 1. The fourth-order valence-corrected chi connectivity index (χ4v) is 1.82. The van der Waals surface area contributed by atoms with Gasteiger partial charge in [-0.3, -0.25) is 4.68 Å². The van der Waals surface area contributed by atoms with Crippen LogP contribution in [-0.2, 0) is 4.74 Å². The Labute approximate surface area is 108 Å². The van der Waals surface area contributed by atoms with Gasteiger partial charge in [0.1, 0.15) is 0 Å². The predicted octanol–water partition coefficient (Wildman–Crippen LogP) is 1.38. The van der Waals surface area contributed by atoms with Crippen LogP contribution in [0.25, 0.3) is 0 Å². The van der Waals surface area contributed by atoms with Crippen molar-refractivity contribution in [3.8, 4) is 5.75 Å². The molecule has 2 N–H and O–H groups in total. The molecule has 5 nitrogen and oxygen atoms in total. The molecule has 0 amide bonds. The van der Waals surface area contributed by atoms with E-state index in [1.807, 2.05) is 10.9 Å². The molecule has 0 saturated carbocycles. The first-order valence-corrected chi connectivity index (χ1v) is 5.85. The summed E-state index contributed by atoms with van der Waals surface area (Å²) in [6.07, 6.45) is 6.68. The highest BCUT2D eigenvalue weighted by Crippen LogP contribution is 2.22. The molecular weight excluding hydrogens is 242 g/mol. The van der Waals surface area contributed by atoms with E-state index in [4.69, 9.17) is 15.2 Å². The normalized spacial score (nSPS) is 16.5. The average Bonchev–Trinajstić information content (AvgIpc) is 2.79. The smallest absolute Gasteiger partial charge is 0.157 e. The van der Waals surface area contributed by atoms with Gasteiger partial charge in [0.2, 0.25) is 0 Å². The molecule has 6 heteroatoms. The molecule has 2 rings (SSSR count). The van der Waals surface area contributed by atoms with E-state index in [9.17, 15) is 0 Å². The molecule has 1 saturated heterocycles. The van der Waals surface area contributed by atoms with E-state index in [1.54, 1.807) is 6.20 Å². The number of nitrogens with zero attached hydrogens (tertiary/aromatic N) is 2. The van der Waals surface area contributed by atoms with E-state index in [1.165, 1.54) is 0 Å². The Balaban J connectivity index is 0.00000144. The standard InChI is InChI=1S/C11H19N3O2.ClH/c12-4-1-5-16-11-8-13-14(9-11)10-2-6-15-7-3-10;/h8-10H,1-7,12H2;1H. The van der Waals surface area contributed by atoms with Crippen LogP contribution in [0.2, 0.25) is 0 Å². The van der Waals surface area contributed by atoms with Gasteiger partial charge in [0.05, 0.1) is 25.0 Å². The Morgan fingerprint density at radius 1 is 1.47 bits per heavy atom. The predicted molar refractivity (Wildman–Crippen MR) is 67.7 cm³/mol. The second-order valence-corrected chi connectivity index (χ2v) is 3.99. The van der Waals surface area contributed by atoms with Gasteiger partial charge in [-0.15, -0.1) is 12.4 Å². The van der Waals surface area contributed by atoms with Crippen molar-refractivity contribution in [2.75, 3.05) is 26.4 Å². The van der Waals surface area contributed by atoms with E-state index in [0.29, 0.717) is 19.2 Å². The van der Waals surface area contributed by atoms with Crippen molar-refractivity contribution in [3.63, 3.8) is 0 Å². The van der Waals surface area contributed by atoms with Gasteiger partial charge in [-0.1, -0.05) is 0 Å². The molecule has 1 fully saturated rings. The lowest BCUT2D eigenvalue weighted by Crippen LogP contribution is -2.19. The highest BCUT2D eigenvalue weighted by atomic mass is 35.5. The van der Waals surface area contributed by atoms with Crippen LogP contribution in [0.5, 0.6) is 5.75 Å². The van der Waals surface area contributed by atoms with Crippen LogP contribution in [-0.4, -0.2) is 36.1 Å². The Morgan fingerprint density at radius 2 is 2.24 bits per heavy atom. The van der Waals surface area contributed by atoms with Crippen LogP contribution in [0.15, 0.2) is 12.4 Å².